The zero-order chi connectivity index (χ0) is 21.7. The number of thiazole rings is 1. The van der Waals surface area contributed by atoms with E-state index in [0.717, 1.165) is 21.5 Å². The molecule has 0 radical (unpaired) electrons. The Morgan fingerprint density at radius 1 is 1.23 bits per heavy atom. The highest BCUT2D eigenvalue weighted by molar-refractivity contribution is 7.89. The minimum atomic E-state index is -3.51. The molecule has 2 aromatic heterocycles. The fraction of sp³-hybridized carbons (Fsp3) is 0.211. The van der Waals surface area contributed by atoms with Gasteiger partial charge in [0.2, 0.25) is 10.0 Å². The minimum Gasteiger partial charge on any atom is -0.382 e. The van der Waals surface area contributed by atoms with Crippen molar-refractivity contribution in [3.8, 4) is 11.3 Å². The summed E-state index contributed by atoms with van der Waals surface area (Å²) in [4.78, 5) is 29.5. The molecule has 2 heterocycles. The minimum absolute atomic E-state index is 0.0682. The van der Waals surface area contributed by atoms with Gasteiger partial charge in [-0.15, -0.1) is 11.3 Å². The van der Waals surface area contributed by atoms with Gasteiger partial charge in [-0.25, -0.2) is 13.4 Å². The second-order valence-corrected chi connectivity index (χ2v) is 9.11. The summed E-state index contributed by atoms with van der Waals surface area (Å²) in [5, 5.41) is 7.43. The van der Waals surface area contributed by atoms with Gasteiger partial charge in [-0.05, 0) is 6.07 Å². The summed E-state index contributed by atoms with van der Waals surface area (Å²) in [7, 11) is -2.10. The molecule has 158 valence electrons. The molecular weight excluding hydrogens is 428 g/mol. The Labute approximate surface area is 177 Å². The molecule has 30 heavy (non-hydrogen) atoms. The number of nitrogens with one attached hydrogen (secondary N) is 2. The largest absolute Gasteiger partial charge is 0.382 e. The average Bonchev–Trinajstić information content (AvgIpc) is 3.38. The Morgan fingerprint density at radius 3 is 2.60 bits per heavy atom. The molecule has 9 nitrogen and oxygen atoms in total. The lowest BCUT2D eigenvalue weighted by Crippen LogP contribution is -2.46. The van der Waals surface area contributed by atoms with E-state index < -0.39 is 27.9 Å². The second kappa shape index (κ2) is 9.20. The number of carbonyl (C=O) groups is 2. The van der Waals surface area contributed by atoms with E-state index in [-0.39, 0.29) is 12.2 Å². The molecule has 0 fully saturated rings. The van der Waals surface area contributed by atoms with E-state index in [4.69, 9.17) is 4.74 Å². The smallest absolute Gasteiger partial charge is 0.253 e. The van der Waals surface area contributed by atoms with Crippen LogP contribution in [0, 0.1) is 0 Å². The number of hydrogen-bond acceptors (Lipinski definition) is 7. The maximum Gasteiger partial charge on any atom is 0.253 e. The number of amides is 2. The van der Waals surface area contributed by atoms with Crippen molar-refractivity contribution in [3.05, 3.63) is 59.7 Å². The number of aromatic nitrogens is 2. The lowest BCUT2D eigenvalue weighted by Gasteiger charge is -2.16. The van der Waals surface area contributed by atoms with Gasteiger partial charge in [-0.3, -0.25) is 13.6 Å². The lowest BCUT2D eigenvalue weighted by atomic mass is 10.2. The number of hydrogen-bond donors (Lipinski definition) is 2. The first-order chi connectivity index (χ1) is 14.3. The highest BCUT2D eigenvalue weighted by Gasteiger charge is 2.23. The van der Waals surface area contributed by atoms with E-state index in [1.165, 1.54) is 36.9 Å². The van der Waals surface area contributed by atoms with E-state index in [1.54, 1.807) is 0 Å². The number of rotatable bonds is 8. The monoisotopic (exact) mass is 448 g/mol. The summed E-state index contributed by atoms with van der Waals surface area (Å²) in [6.07, 6.45) is 3.46. The van der Waals surface area contributed by atoms with Crippen LogP contribution in [0.4, 0.5) is 5.13 Å². The highest BCUT2D eigenvalue weighted by Crippen LogP contribution is 2.24. The predicted molar refractivity (Wildman–Crippen MR) is 114 cm³/mol. The average molecular weight is 449 g/mol. The van der Waals surface area contributed by atoms with Crippen LogP contribution in [0.25, 0.3) is 11.3 Å². The number of methoxy groups -OCH3 is 1. The molecule has 1 atom stereocenters. The van der Waals surface area contributed by atoms with Crippen LogP contribution in [-0.4, -0.2) is 55.2 Å². The summed E-state index contributed by atoms with van der Waals surface area (Å²) in [6.45, 7) is -0.0682. The van der Waals surface area contributed by atoms with Crippen LogP contribution in [0.5, 0.6) is 0 Å². The summed E-state index contributed by atoms with van der Waals surface area (Å²) >= 11 is 1.26. The van der Waals surface area contributed by atoms with Gasteiger partial charge < -0.3 is 15.4 Å². The Hall–Kier alpha value is -3.02. The zero-order valence-electron chi connectivity index (χ0n) is 16.2. The molecule has 3 aromatic rings. The van der Waals surface area contributed by atoms with Gasteiger partial charge in [-0.1, -0.05) is 30.3 Å². The molecule has 0 saturated carbocycles. The van der Waals surface area contributed by atoms with Crippen LogP contribution in [0.3, 0.4) is 0 Å². The van der Waals surface area contributed by atoms with Crippen LogP contribution >= 0.6 is 11.3 Å². The van der Waals surface area contributed by atoms with Gasteiger partial charge >= 0.3 is 0 Å². The summed E-state index contributed by atoms with van der Waals surface area (Å²) in [6, 6.07) is 9.89. The van der Waals surface area contributed by atoms with E-state index in [0.29, 0.717) is 5.13 Å². The molecule has 2 N–H and O–H groups in total. The second-order valence-electron chi connectivity index (χ2n) is 6.37. The fourth-order valence-electron chi connectivity index (χ4n) is 2.57. The van der Waals surface area contributed by atoms with Crippen LogP contribution in [-0.2, 0) is 19.6 Å². The fourth-order valence-corrected chi connectivity index (χ4v) is 3.88. The van der Waals surface area contributed by atoms with Crippen molar-refractivity contribution < 1.29 is 22.7 Å². The van der Waals surface area contributed by atoms with Crippen molar-refractivity contribution in [2.75, 3.05) is 25.3 Å². The van der Waals surface area contributed by atoms with E-state index in [1.807, 2.05) is 35.7 Å². The van der Waals surface area contributed by atoms with Crippen molar-refractivity contribution >= 4 is 38.3 Å². The van der Waals surface area contributed by atoms with Gasteiger partial charge in [0.1, 0.15) is 6.04 Å². The quantitative estimate of drug-likeness (QED) is 0.542. The Kier molecular flexibility index (Phi) is 6.65. The number of ether oxygens (including phenoxy) is 1. The predicted octanol–water partition coefficient (Wildman–Crippen LogP) is 1.80. The molecule has 1 aromatic carbocycles. The number of anilines is 1. The summed E-state index contributed by atoms with van der Waals surface area (Å²) in [5.74, 6) is -1.10. The van der Waals surface area contributed by atoms with E-state index in [2.05, 4.69) is 15.6 Å². The third-order valence-corrected chi connectivity index (χ3v) is 5.82. The first-order valence-corrected chi connectivity index (χ1v) is 11.5. The van der Waals surface area contributed by atoms with Gasteiger partial charge in [-0.2, -0.15) is 0 Å². The third-order valence-electron chi connectivity index (χ3n) is 4.07. The van der Waals surface area contributed by atoms with E-state index >= 15 is 0 Å². The number of carbonyl (C=O) groups excluding carboxylic acids is 2. The summed E-state index contributed by atoms with van der Waals surface area (Å²) in [5.41, 5.74) is 1.76. The molecule has 11 heteroatoms. The molecule has 2 amide bonds. The van der Waals surface area contributed by atoms with E-state index in [9.17, 15) is 18.0 Å². The van der Waals surface area contributed by atoms with Gasteiger partial charge in [0.15, 0.2) is 5.13 Å². The van der Waals surface area contributed by atoms with Crippen molar-refractivity contribution in [1.82, 2.24) is 14.3 Å². The number of benzene rings is 1. The van der Waals surface area contributed by atoms with Crippen molar-refractivity contribution in [2.45, 2.75) is 6.04 Å². The first kappa shape index (κ1) is 21.7. The molecule has 0 saturated heterocycles. The first-order valence-electron chi connectivity index (χ1n) is 8.78. The van der Waals surface area contributed by atoms with Crippen LogP contribution in [0.15, 0.2) is 54.2 Å². The van der Waals surface area contributed by atoms with Crippen molar-refractivity contribution in [3.63, 3.8) is 0 Å². The maximum atomic E-state index is 12.6. The molecular formula is C19H20N4O5S2. The maximum absolute atomic E-state index is 12.6. The topological polar surface area (TPSA) is 119 Å². The molecule has 0 aliphatic rings. The Balaban J connectivity index is 1.68. The van der Waals surface area contributed by atoms with Crippen molar-refractivity contribution in [2.24, 2.45) is 0 Å². The molecule has 0 spiro atoms. The van der Waals surface area contributed by atoms with Crippen LogP contribution < -0.4 is 10.6 Å². The molecule has 0 unspecified atom stereocenters. The SMILES string of the molecule is COC[C@H](NC(=O)c1ccn(S(C)(=O)=O)c1)C(=O)Nc1nc(-c2ccccc2)cs1. The number of nitrogens with zero attached hydrogens (tertiary/aromatic N) is 2. The molecule has 0 aliphatic heterocycles. The van der Waals surface area contributed by atoms with Gasteiger partial charge in [0.05, 0.1) is 24.1 Å². The molecule has 0 bridgehead atoms. The zero-order valence-corrected chi connectivity index (χ0v) is 17.9. The highest BCUT2D eigenvalue weighted by atomic mass is 32.2. The van der Waals surface area contributed by atoms with Gasteiger partial charge in [0.25, 0.3) is 11.8 Å². The molecule has 0 aliphatic carbocycles. The van der Waals surface area contributed by atoms with Crippen LogP contribution in [0.1, 0.15) is 10.4 Å². The summed E-state index contributed by atoms with van der Waals surface area (Å²) < 4.78 is 29.1. The lowest BCUT2D eigenvalue weighted by molar-refractivity contribution is -0.119. The van der Waals surface area contributed by atoms with Crippen LogP contribution in [0.2, 0.25) is 0 Å². The normalized spacial score (nSPS) is 12.3. The Bertz CT molecular complexity index is 1140. The third kappa shape index (κ3) is 5.32. The van der Waals surface area contributed by atoms with Gasteiger partial charge in [0, 0.05) is 30.4 Å². The Morgan fingerprint density at radius 2 is 1.97 bits per heavy atom. The van der Waals surface area contributed by atoms with Crippen molar-refractivity contribution in [1.29, 1.82) is 0 Å². The molecule has 3 rings (SSSR count). The standard InChI is InChI=1S/C19H20N4O5S2/c1-28-11-15(20-17(24)14-8-9-23(10-14)30(2,26)27)18(25)22-19-21-16(12-29-19)13-6-4-3-5-7-13/h3-10,12,15H,11H2,1-2H3,(H,20,24)(H,21,22,25)/t15-/m0/s1.